The zero-order valence-corrected chi connectivity index (χ0v) is 11.6. The highest BCUT2D eigenvalue weighted by Gasteiger charge is 2.10. The summed E-state index contributed by atoms with van der Waals surface area (Å²) in [4.78, 5) is 16.3. The van der Waals surface area contributed by atoms with Crippen molar-refractivity contribution in [3.63, 3.8) is 0 Å². The highest BCUT2D eigenvalue weighted by molar-refractivity contribution is 5.91. The number of nitrogens with zero attached hydrogens (tertiary/aromatic N) is 1. The van der Waals surface area contributed by atoms with Gasteiger partial charge in [0.1, 0.15) is 17.0 Å². The number of ether oxygens (including phenoxy) is 2. The number of esters is 1. The van der Waals surface area contributed by atoms with Crippen LogP contribution in [0.15, 0.2) is 46.9 Å². The number of aromatic nitrogens is 1. The Kier molecular flexibility index (Phi) is 3.31. The van der Waals surface area contributed by atoms with Gasteiger partial charge in [0.15, 0.2) is 11.5 Å². The number of aryl methyl sites for hydroxylation is 1. The van der Waals surface area contributed by atoms with Gasteiger partial charge in [0.05, 0.1) is 12.7 Å². The van der Waals surface area contributed by atoms with Crippen molar-refractivity contribution in [1.29, 1.82) is 0 Å². The zero-order valence-electron chi connectivity index (χ0n) is 11.6. The van der Waals surface area contributed by atoms with Crippen molar-refractivity contribution < 1.29 is 18.7 Å². The molecule has 0 radical (unpaired) electrons. The van der Waals surface area contributed by atoms with Crippen LogP contribution in [0, 0.1) is 6.92 Å². The van der Waals surface area contributed by atoms with E-state index in [0.717, 1.165) is 0 Å². The lowest BCUT2D eigenvalue weighted by atomic mass is 10.2. The first-order chi connectivity index (χ1) is 10.2. The van der Waals surface area contributed by atoms with Gasteiger partial charge >= 0.3 is 5.97 Å². The van der Waals surface area contributed by atoms with Crippen LogP contribution in [0.3, 0.4) is 0 Å². The second-order valence-corrected chi connectivity index (χ2v) is 4.48. The van der Waals surface area contributed by atoms with E-state index in [1.807, 2.05) is 0 Å². The van der Waals surface area contributed by atoms with Crippen LogP contribution in [0.2, 0.25) is 0 Å². The fourth-order valence-corrected chi connectivity index (χ4v) is 1.98. The van der Waals surface area contributed by atoms with Crippen molar-refractivity contribution in [3.8, 4) is 11.5 Å². The molecule has 0 saturated carbocycles. The number of hydrogen-bond donors (Lipinski definition) is 0. The summed E-state index contributed by atoms with van der Waals surface area (Å²) in [7, 11) is 1.57. The van der Waals surface area contributed by atoms with Gasteiger partial charge in [-0.3, -0.25) is 0 Å². The van der Waals surface area contributed by atoms with Crippen LogP contribution in [-0.2, 0) is 0 Å². The van der Waals surface area contributed by atoms with Crippen LogP contribution in [0.1, 0.15) is 16.2 Å². The van der Waals surface area contributed by atoms with E-state index in [0.29, 0.717) is 34.1 Å². The molecular formula is C16H13NO4. The average molecular weight is 283 g/mol. The molecule has 0 amide bonds. The van der Waals surface area contributed by atoms with Crippen molar-refractivity contribution in [2.24, 2.45) is 0 Å². The van der Waals surface area contributed by atoms with Crippen LogP contribution < -0.4 is 9.47 Å². The molecule has 106 valence electrons. The summed E-state index contributed by atoms with van der Waals surface area (Å²) in [5.41, 5.74) is 1.77. The zero-order chi connectivity index (χ0) is 14.8. The fraction of sp³-hybridized carbons (Fsp3) is 0.125. The van der Waals surface area contributed by atoms with Crippen LogP contribution >= 0.6 is 0 Å². The molecule has 0 fully saturated rings. The minimum absolute atomic E-state index is 0.427. The van der Waals surface area contributed by atoms with Crippen LogP contribution in [-0.4, -0.2) is 18.1 Å². The second kappa shape index (κ2) is 5.28. The van der Waals surface area contributed by atoms with Crippen LogP contribution in [0.25, 0.3) is 11.1 Å². The van der Waals surface area contributed by atoms with Gasteiger partial charge in [0, 0.05) is 13.0 Å². The summed E-state index contributed by atoms with van der Waals surface area (Å²) in [6.07, 6.45) is 0. The molecule has 3 rings (SSSR count). The van der Waals surface area contributed by atoms with E-state index in [9.17, 15) is 4.79 Å². The largest absolute Gasteiger partial charge is 0.497 e. The minimum atomic E-state index is -0.433. The highest BCUT2D eigenvalue weighted by atomic mass is 16.5. The van der Waals surface area contributed by atoms with E-state index in [4.69, 9.17) is 13.9 Å². The summed E-state index contributed by atoms with van der Waals surface area (Å²) in [5.74, 6) is 1.25. The smallest absolute Gasteiger partial charge is 0.343 e. The lowest BCUT2D eigenvalue weighted by Gasteiger charge is -2.05. The van der Waals surface area contributed by atoms with Gasteiger partial charge < -0.3 is 13.9 Å². The van der Waals surface area contributed by atoms with Gasteiger partial charge in [-0.2, -0.15) is 0 Å². The molecule has 0 N–H and O–H groups in total. The summed E-state index contributed by atoms with van der Waals surface area (Å²) in [6.45, 7) is 1.77. The molecule has 0 aliphatic heterocycles. The maximum absolute atomic E-state index is 12.0. The number of hydrogen-bond acceptors (Lipinski definition) is 5. The molecule has 2 aromatic carbocycles. The molecule has 5 nitrogen and oxygen atoms in total. The number of methoxy groups -OCH3 is 1. The molecule has 0 spiro atoms. The Morgan fingerprint density at radius 2 is 1.81 bits per heavy atom. The van der Waals surface area contributed by atoms with Crippen molar-refractivity contribution in [3.05, 3.63) is 53.9 Å². The molecule has 0 aliphatic carbocycles. The minimum Gasteiger partial charge on any atom is -0.497 e. The molecule has 0 saturated heterocycles. The van der Waals surface area contributed by atoms with Gasteiger partial charge in [-0.25, -0.2) is 9.78 Å². The first-order valence-electron chi connectivity index (χ1n) is 6.39. The highest BCUT2D eigenvalue weighted by Crippen LogP contribution is 2.22. The molecule has 1 heterocycles. The van der Waals surface area contributed by atoms with Gasteiger partial charge in [0.25, 0.3) is 0 Å². The first-order valence-corrected chi connectivity index (χ1v) is 6.39. The molecule has 0 atom stereocenters. The molecule has 0 bridgehead atoms. The number of fused-ring (bicyclic) bond motifs is 1. The Morgan fingerprint density at radius 1 is 1.10 bits per heavy atom. The second-order valence-electron chi connectivity index (χ2n) is 4.48. The third kappa shape index (κ3) is 2.72. The predicted octanol–water partition coefficient (Wildman–Crippen LogP) is 3.36. The van der Waals surface area contributed by atoms with Crippen molar-refractivity contribution in [1.82, 2.24) is 4.98 Å². The maximum atomic E-state index is 12.0. The topological polar surface area (TPSA) is 61.6 Å². The molecule has 0 unspecified atom stereocenters. The van der Waals surface area contributed by atoms with Gasteiger partial charge in [0.2, 0.25) is 0 Å². The summed E-state index contributed by atoms with van der Waals surface area (Å²) >= 11 is 0. The molecular weight excluding hydrogens is 270 g/mol. The Morgan fingerprint density at radius 3 is 2.52 bits per heavy atom. The van der Waals surface area contributed by atoms with E-state index in [1.165, 1.54) is 0 Å². The van der Waals surface area contributed by atoms with E-state index in [1.54, 1.807) is 56.5 Å². The number of carbonyl (C=O) groups is 1. The van der Waals surface area contributed by atoms with Gasteiger partial charge in [-0.15, -0.1) is 0 Å². The average Bonchev–Trinajstić information content (AvgIpc) is 2.86. The fourth-order valence-electron chi connectivity index (χ4n) is 1.98. The lowest BCUT2D eigenvalue weighted by Crippen LogP contribution is -2.08. The Bertz CT molecular complexity index is 790. The van der Waals surface area contributed by atoms with Crippen molar-refractivity contribution >= 4 is 17.1 Å². The Hall–Kier alpha value is -2.82. The normalized spacial score (nSPS) is 10.6. The van der Waals surface area contributed by atoms with Gasteiger partial charge in [-0.1, -0.05) is 0 Å². The molecule has 0 aliphatic rings. The van der Waals surface area contributed by atoms with E-state index >= 15 is 0 Å². The van der Waals surface area contributed by atoms with Crippen LogP contribution in [0.5, 0.6) is 11.5 Å². The van der Waals surface area contributed by atoms with Gasteiger partial charge in [-0.05, 0) is 36.4 Å². The number of carbonyl (C=O) groups excluding carboxylic acids is 1. The summed E-state index contributed by atoms with van der Waals surface area (Å²) in [6, 6.07) is 11.8. The summed E-state index contributed by atoms with van der Waals surface area (Å²) in [5, 5.41) is 0. The lowest BCUT2D eigenvalue weighted by molar-refractivity contribution is 0.0735. The van der Waals surface area contributed by atoms with Crippen molar-refractivity contribution in [2.75, 3.05) is 7.11 Å². The monoisotopic (exact) mass is 283 g/mol. The SMILES string of the molecule is COc1ccc(C(=O)Oc2ccc3oc(C)nc3c2)cc1. The van der Waals surface area contributed by atoms with Crippen molar-refractivity contribution in [2.45, 2.75) is 6.92 Å². The van der Waals surface area contributed by atoms with E-state index in [-0.39, 0.29) is 0 Å². The van der Waals surface area contributed by atoms with Crippen LogP contribution in [0.4, 0.5) is 0 Å². The number of rotatable bonds is 3. The van der Waals surface area contributed by atoms with E-state index in [2.05, 4.69) is 4.98 Å². The van der Waals surface area contributed by atoms with E-state index < -0.39 is 5.97 Å². The molecule has 5 heteroatoms. The standard InChI is InChI=1S/C16H13NO4/c1-10-17-14-9-13(7-8-15(14)20-10)21-16(18)11-3-5-12(19-2)6-4-11/h3-9H,1-2H3. The number of benzene rings is 2. The Labute approximate surface area is 121 Å². The predicted molar refractivity (Wildman–Crippen MR) is 76.7 cm³/mol. The summed E-state index contributed by atoms with van der Waals surface area (Å²) < 4.78 is 15.7. The molecule has 1 aromatic heterocycles. The number of oxazole rings is 1. The Balaban J connectivity index is 1.81. The maximum Gasteiger partial charge on any atom is 0.343 e. The quantitative estimate of drug-likeness (QED) is 0.545. The first kappa shape index (κ1) is 13.2. The molecule has 21 heavy (non-hydrogen) atoms. The third-order valence-corrected chi connectivity index (χ3v) is 3.00. The third-order valence-electron chi connectivity index (χ3n) is 3.00. The molecule has 3 aromatic rings.